The lowest BCUT2D eigenvalue weighted by molar-refractivity contribution is -0.130. The lowest BCUT2D eigenvalue weighted by Gasteiger charge is -2.33. The number of hydrogen-bond acceptors (Lipinski definition) is 4. The Morgan fingerprint density at radius 3 is 3.00 bits per heavy atom. The van der Waals surface area contributed by atoms with Crippen LogP contribution in [0.1, 0.15) is 63.7 Å². The predicted molar refractivity (Wildman–Crippen MR) is 90.1 cm³/mol. The normalized spacial score (nSPS) is 23.6. The molecule has 0 spiro atoms. The third-order valence-corrected chi connectivity index (χ3v) is 5.08. The summed E-state index contributed by atoms with van der Waals surface area (Å²) in [5, 5.41) is 10.4. The molecular formula is C19H27NO4. The fourth-order valence-electron chi connectivity index (χ4n) is 3.71. The van der Waals surface area contributed by atoms with E-state index in [1.807, 2.05) is 11.8 Å². The van der Waals surface area contributed by atoms with Gasteiger partial charge in [0.05, 0.1) is 18.4 Å². The molecule has 0 bridgehead atoms. The summed E-state index contributed by atoms with van der Waals surface area (Å²) in [5.74, 6) is 1.43. The molecule has 1 N–H and O–H groups in total. The van der Waals surface area contributed by atoms with E-state index in [4.69, 9.17) is 9.15 Å². The number of nitrogens with zero attached hydrogens (tertiary/aromatic N) is 1. The molecule has 24 heavy (non-hydrogen) atoms. The summed E-state index contributed by atoms with van der Waals surface area (Å²) in [6.07, 6.45) is 7.27. The molecule has 132 valence electrons. The third kappa shape index (κ3) is 3.83. The summed E-state index contributed by atoms with van der Waals surface area (Å²) in [4.78, 5) is 15.0. The number of aliphatic hydroxyl groups is 1. The van der Waals surface area contributed by atoms with E-state index in [-0.39, 0.29) is 11.9 Å². The van der Waals surface area contributed by atoms with Gasteiger partial charge in [0.15, 0.2) is 0 Å². The second kappa shape index (κ2) is 7.88. The molecule has 5 heteroatoms. The molecule has 2 aliphatic heterocycles. The number of ether oxygens (including phenoxy) is 1. The van der Waals surface area contributed by atoms with Gasteiger partial charge in [-0.1, -0.05) is 12.8 Å². The number of carbonyl (C=O) groups excluding carboxylic acids is 1. The van der Waals surface area contributed by atoms with E-state index in [9.17, 15) is 9.90 Å². The fraction of sp³-hybridized carbons (Fsp3) is 0.632. The summed E-state index contributed by atoms with van der Waals surface area (Å²) >= 11 is 0. The standard InChI is InChI=1S/C19H27NO4/c1-14-16(8-5-11-23-14)19(22)20-10-4-2-3-7-15(20)13-17(21)18-9-6-12-24-18/h6,9,12,15,17,21H,2-5,7-8,10-11,13H2,1H3. The van der Waals surface area contributed by atoms with E-state index in [1.165, 1.54) is 0 Å². The Balaban J connectivity index is 1.76. The number of amides is 1. The molecule has 3 rings (SSSR count). The van der Waals surface area contributed by atoms with E-state index in [1.54, 1.807) is 18.4 Å². The van der Waals surface area contributed by atoms with Gasteiger partial charge < -0.3 is 19.2 Å². The Labute approximate surface area is 143 Å². The van der Waals surface area contributed by atoms with Gasteiger partial charge in [0.2, 0.25) is 0 Å². The number of likely N-dealkylation sites (tertiary alicyclic amines) is 1. The van der Waals surface area contributed by atoms with Gasteiger partial charge in [-0.15, -0.1) is 0 Å². The van der Waals surface area contributed by atoms with Crippen molar-refractivity contribution in [3.8, 4) is 0 Å². The highest BCUT2D eigenvalue weighted by Crippen LogP contribution is 2.29. The first-order chi connectivity index (χ1) is 11.7. The number of rotatable bonds is 4. The minimum Gasteiger partial charge on any atom is -0.498 e. The average molecular weight is 333 g/mol. The maximum atomic E-state index is 13.1. The summed E-state index contributed by atoms with van der Waals surface area (Å²) in [6, 6.07) is 3.61. The smallest absolute Gasteiger partial charge is 0.253 e. The van der Waals surface area contributed by atoms with Crippen LogP contribution in [0.25, 0.3) is 0 Å². The molecule has 1 aromatic heterocycles. The minimum absolute atomic E-state index is 0.0438. The van der Waals surface area contributed by atoms with Gasteiger partial charge in [0, 0.05) is 19.0 Å². The second-order valence-corrected chi connectivity index (χ2v) is 6.76. The summed E-state index contributed by atoms with van der Waals surface area (Å²) in [5.41, 5.74) is 0.806. The maximum absolute atomic E-state index is 13.1. The molecule has 1 aromatic rings. The van der Waals surface area contributed by atoms with Crippen LogP contribution in [0.3, 0.4) is 0 Å². The van der Waals surface area contributed by atoms with Gasteiger partial charge in [-0.05, 0) is 44.7 Å². The molecule has 1 saturated heterocycles. The molecule has 2 atom stereocenters. The lowest BCUT2D eigenvalue weighted by Crippen LogP contribution is -2.42. The summed E-state index contributed by atoms with van der Waals surface area (Å²) in [7, 11) is 0. The number of allylic oxidation sites excluding steroid dienone is 1. The van der Waals surface area contributed by atoms with Crippen LogP contribution >= 0.6 is 0 Å². The molecule has 0 radical (unpaired) electrons. The number of hydrogen-bond donors (Lipinski definition) is 1. The van der Waals surface area contributed by atoms with Crippen LogP contribution in [-0.2, 0) is 9.53 Å². The van der Waals surface area contributed by atoms with Crippen LogP contribution in [0.4, 0.5) is 0 Å². The van der Waals surface area contributed by atoms with E-state index < -0.39 is 6.10 Å². The SMILES string of the molecule is CC1=C(C(=O)N2CCCCCC2CC(O)c2ccco2)CCCO1. The fourth-order valence-corrected chi connectivity index (χ4v) is 3.71. The van der Waals surface area contributed by atoms with Crippen molar-refractivity contribution < 1.29 is 19.1 Å². The zero-order valence-electron chi connectivity index (χ0n) is 14.4. The topological polar surface area (TPSA) is 62.9 Å². The van der Waals surface area contributed by atoms with Crippen LogP contribution in [0.2, 0.25) is 0 Å². The molecular weight excluding hydrogens is 306 g/mol. The summed E-state index contributed by atoms with van der Waals surface area (Å²) < 4.78 is 10.9. The van der Waals surface area contributed by atoms with Gasteiger partial charge in [-0.25, -0.2) is 0 Å². The van der Waals surface area contributed by atoms with E-state index in [2.05, 4.69) is 0 Å². The first kappa shape index (κ1) is 17.1. The van der Waals surface area contributed by atoms with Crippen LogP contribution in [-0.4, -0.2) is 35.1 Å². The molecule has 1 fully saturated rings. The van der Waals surface area contributed by atoms with Crippen LogP contribution in [0, 0.1) is 0 Å². The first-order valence-corrected chi connectivity index (χ1v) is 9.02. The van der Waals surface area contributed by atoms with Crippen molar-refractivity contribution >= 4 is 5.91 Å². The zero-order valence-corrected chi connectivity index (χ0v) is 14.4. The monoisotopic (exact) mass is 333 g/mol. The van der Waals surface area contributed by atoms with Crippen LogP contribution < -0.4 is 0 Å². The quantitative estimate of drug-likeness (QED) is 0.915. The molecule has 3 heterocycles. The van der Waals surface area contributed by atoms with E-state index >= 15 is 0 Å². The average Bonchev–Trinajstić information content (AvgIpc) is 3.03. The number of furan rings is 1. The zero-order chi connectivity index (χ0) is 16.9. The van der Waals surface area contributed by atoms with Crippen molar-refractivity contribution in [1.29, 1.82) is 0 Å². The van der Waals surface area contributed by atoms with Gasteiger partial charge in [-0.2, -0.15) is 0 Å². The summed E-state index contributed by atoms with van der Waals surface area (Å²) in [6.45, 7) is 3.34. The van der Waals surface area contributed by atoms with Crippen molar-refractivity contribution in [2.75, 3.05) is 13.2 Å². The Bertz CT molecular complexity index is 578. The molecule has 0 saturated carbocycles. The molecule has 5 nitrogen and oxygen atoms in total. The van der Waals surface area contributed by atoms with Gasteiger partial charge in [-0.3, -0.25) is 4.79 Å². The van der Waals surface area contributed by atoms with Crippen molar-refractivity contribution in [3.63, 3.8) is 0 Å². The van der Waals surface area contributed by atoms with Gasteiger partial charge in [0.25, 0.3) is 5.91 Å². The maximum Gasteiger partial charge on any atom is 0.253 e. The van der Waals surface area contributed by atoms with Crippen molar-refractivity contribution in [3.05, 3.63) is 35.5 Å². The van der Waals surface area contributed by atoms with Crippen molar-refractivity contribution in [2.24, 2.45) is 0 Å². The number of aliphatic hydroxyl groups excluding tert-OH is 1. The number of carbonyl (C=O) groups is 1. The van der Waals surface area contributed by atoms with Crippen LogP contribution in [0.15, 0.2) is 34.1 Å². The Morgan fingerprint density at radius 2 is 2.25 bits per heavy atom. The molecule has 1 amide bonds. The molecule has 2 aliphatic rings. The molecule has 0 aliphatic carbocycles. The Kier molecular flexibility index (Phi) is 5.61. The van der Waals surface area contributed by atoms with Gasteiger partial charge in [0.1, 0.15) is 17.6 Å². The Morgan fingerprint density at radius 1 is 1.38 bits per heavy atom. The minimum atomic E-state index is -0.670. The van der Waals surface area contributed by atoms with Crippen molar-refractivity contribution in [2.45, 2.75) is 64.0 Å². The highest BCUT2D eigenvalue weighted by atomic mass is 16.5. The lowest BCUT2D eigenvalue weighted by atomic mass is 9.99. The highest BCUT2D eigenvalue weighted by Gasteiger charge is 2.31. The Hall–Kier alpha value is -1.75. The van der Waals surface area contributed by atoms with Gasteiger partial charge >= 0.3 is 0 Å². The van der Waals surface area contributed by atoms with Crippen LogP contribution in [0.5, 0.6) is 0 Å². The van der Waals surface area contributed by atoms with E-state index in [0.717, 1.165) is 56.4 Å². The molecule has 0 aromatic carbocycles. The first-order valence-electron chi connectivity index (χ1n) is 9.02. The third-order valence-electron chi connectivity index (χ3n) is 5.08. The highest BCUT2D eigenvalue weighted by molar-refractivity contribution is 5.94. The predicted octanol–water partition coefficient (Wildman–Crippen LogP) is 3.56. The van der Waals surface area contributed by atoms with Crippen molar-refractivity contribution in [1.82, 2.24) is 4.90 Å². The second-order valence-electron chi connectivity index (χ2n) is 6.76. The molecule has 2 unspecified atom stereocenters. The van der Waals surface area contributed by atoms with E-state index in [0.29, 0.717) is 18.8 Å². The largest absolute Gasteiger partial charge is 0.498 e.